The van der Waals surface area contributed by atoms with Gasteiger partial charge >= 0.3 is 12.4 Å². The number of nitrogens with zero attached hydrogens (tertiary/aromatic N) is 7. The van der Waals surface area contributed by atoms with Gasteiger partial charge in [0.15, 0.2) is 11.4 Å². The maximum absolute atomic E-state index is 13.3. The number of aromatic nitrogens is 7. The van der Waals surface area contributed by atoms with Gasteiger partial charge in [0.25, 0.3) is 11.5 Å². The van der Waals surface area contributed by atoms with Crippen LogP contribution < -0.4 is 11.5 Å². The molecule has 2 fully saturated rings. The van der Waals surface area contributed by atoms with Gasteiger partial charge in [0.2, 0.25) is 11.8 Å². The number of carbonyl (C=O) groups is 2. The van der Waals surface area contributed by atoms with Crippen LogP contribution in [0.4, 0.5) is 38.1 Å². The van der Waals surface area contributed by atoms with E-state index in [1.807, 2.05) is 0 Å². The number of Topliss-reactive ketones (excluding diaryl/α,β-unsaturated/α-hetero) is 1. The molecule has 45 heavy (non-hydrogen) atoms. The van der Waals surface area contributed by atoms with Crippen molar-refractivity contribution < 1.29 is 41.0 Å². The molecule has 238 valence electrons. The molecule has 2 saturated heterocycles. The number of pyridine rings is 1. The van der Waals surface area contributed by atoms with E-state index in [0.29, 0.717) is 37.4 Å². The van der Waals surface area contributed by atoms with Crippen LogP contribution in [-0.2, 0) is 5.60 Å². The Morgan fingerprint density at radius 3 is 2.16 bits per heavy atom. The van der Waals surface area contributed by atoms with E-state index < -0.39 is 29.4 Å². The zero-order chi connectivity index (χ0) is 32.6. The average Bonchev–Trinajstić information content (AvgIpc) is 3.66. The van der Waals surface area contributed by atoms with Gasteiger partial charge in [-0.25, -0.2) is 4.98 Å². The highest BCUT2D eigenvalue weighted by Gasteiger charge is 2.72. The summed E-state index contributed by atoms with van der Waals surface area (Å²) in [6.45, 7) is 1.31. The maximum Gasteiger partial charge on any atom is 0.432 e. The molecule has 6 heterocycles. The Kier molecular flexibility index (Phi) is 6.79. The van der Waals surface area contributed by atoms with E-state index in [1.165, 1.54) is 13.1 Å². The standard InChI is InChI=1S/C26H24F6N10O3/c1-10(43)17-18(12-6-13-3-4-14(7-12)41(13)22(44)20-38-23(34)40-39-20)37-21-15(9-36-42(21)19(17)33)11-2-5-16(35-8-11)24(45,25(27,28)29)26(30,31)32/h2,5,8-9,12-14,45H,3-4,6-7,33H2,1H3,(H3,34,38,39,40)/t12-,13+,14-. The Morgan fingerprint density at radius 1 is 1.00 bits per heavy atom. The van der Waals surface area contributed by atoms with E-state index in [9.17, 15) is 41.0 Å². The topological polar surface area (TPSA) is 194 Å². The lowest BCUT2D eigenvalue weighted by molar-refractivity contribution is -0.377. The van der Waals surface area contributed by atoms with Gasteiger partial charge < -0.3 is 26.5 Å². The highest BCUT2D eigenvalue weighted by atomic mass is 19.4. The van der Waals surface area contributed by atoms with Crippen LogP contribution in [0, 0.1) is 0 Å². The number of nitrogens with two attached hydrogens (primary N) is 2. The second kappa shape index (κ2) is 10.1. The van der Waals surface area contributed by atoms with Crippen molar-refractivity contribution in [2.75, 3.05) is 11.5 Å². The summed E-state index contributed by atoms with van der Waals surface area (Å²) in [4.78, 5) is 38.3. The zero-order valence-corrected chi connectivity index (χ0v) is 23.2. The molecular formula is C26H24F6N10O3. The van der Waals surface area contributed by atoms with Crippen molar-refractivity contribution in [3.05, 3.63) is 47.3 Å². The first-order chi connectivity index (χ1) is 21.0. The van der Waals surface area contributed by atoms with E-state index >= 15 is 0 Å². The predicted octanol–water partition coefficient (Wildman–Crippen LogP) is 3.14. The number of halogens is 6. The van der Waals surface area contributed by atoms with E-state index in [1.54, 1.807) is 4.90 Å². The van der Waals surface area contributed by atoms with Gasteiger partial charge in [-0.1, -0.05) is 6.07 Å². The van der Waals surface area contributed by atoms with Gasteiger partial charge in [0.1, 0.15) is 5.82 Å². The number of hydrogen-bond donors (Lipinski definition) is 4. The van der Waals surface area contributed by atoms with E-state index in [0.717, 1.165) is 16.8 Å². The number of nitrogen functional groups attached to an aromatic ring is 2. The smallest absolute Gasteiger partial charge is 0.383 e. The van der Waals surface area contributed by atoms with Crippen molar-refractivity contribution in [3.63, 3.8) is 0 Å². The van der Waals surface area contributed by atoms with Crippen LogP contribution >= 0.6 is 0 Å². The highest BCUT2D eigenvalue weighted by Crippen LogP contribution is 2.50. The lowest BCUT2D eigenvalue weighted by Crippen LogP contribution is -2.54. The summed E-state index contributed by atoms with van der Waals surface area (Å²) in [6, 6.07) is 0.877. The van der Waals surface area contributed by atoms with Crippen molar-refractivity contribution in [2.24, 2.45) is 0 Å². The van der Waals surface area contributed by atoms with Crippen LogP contribution in [0.15, 0.2) is 24.5 Å². The van der Waals surface area contributed by atoms with Crippen molar-refractivity contribution >= 4 is 29.1 Å². The number of H-pyrrole nitrogens is 1. The summed E-state index contributed by atoms with van der Waals surface area (Å²) < 4.78 is 81.2. The van der Waals surface area contributed by atoms with Crippen LogP contribution in [0.5, 0.6) is 0 Å². The number of nitrogens with one attached hydrogen (secondary N) is 1. The molecule has 2 bridgehead atoms. The minimum atomic E-state index is -6.10. The second-order valence-corrected chi connectivity index (χ2v) is 11.1. The van der Waals surface area contributed by atoms with Gasteiger partial charge in [-0.05, 0) is 38.7 Å². The van der Waals surface area contributed by atoms with E-state index in [-0.39, 0.29) is 63.8 Å². The van der Waals surface area contributed by atoms with Crippen LogP contribution in [0.1, 0.15) is 70.9 Å². The molecule has 0 unspecified atom stereocenters. The predicted molar refractivity (Wildman–Crippen MR) is 142 cm³/mol. The molecule has 0 spiro atoms. The minimum Gasteiger partial charge on any atom is -0.383 e. The third kappa shape index (κ3) is 4.63. The van der Waals surface area contributed by atoms with Crippen molar-refractivity contribution in [1.29, 1.82) is 0 Å². The first kappa shape index (κ1) is 30.2. The zero-order valence-electron chi connectivity index (χ0n) is 23.2. The summed E-state index contributed by atoms with van der Waals surface area (Å²) in [7, 11) is 0. The van der Waals surface area contributed by atoms with Gasteiger partial charge in [0.05, 0.1) is 23.1 Å². The second-order valence-electron chi connectivity index (χ2n) is 11.1. The number of anilines is 2. The molecule has 0 aromatic carbocycles. The third-order valence-electron chi connectivity index (χ3n) is 8.39. The number of amides is 1. The largest absolute Gasteiger partial charge is 0.432 e. The molecule has 0 saturated carbocycles. The van der Waals surface area contributed by atoms with Crippen LogP contribution in [0.3, 0.4) is 0 Å². The fraction of sp³-hybridized carbons (Fsp3) is 0.423. The van der Waals surface area contributed by atoms with Gasteiger partial charge in [-0.2, -0.15) is 36.0 Å². The molecule has 4 aromatic rings. The summed E-state index contributed by atoms with van der Waals surface area (Å²) >= 11 is 0. The molecular weight excluding hydrogens is 614 g/mol. The number of hydrogen-bond acceptors (Lipinski definition) is 10. The Bertz CT molecular complexity index is 1790. The molecule has 2 aliphatic rings. The number of rotatable bonds is 5. The van der Waals surface area contributed by atoms with Crippen LogP contribution in [-0.4, -0.2) is 80.9 Å². The van der Waals surface area contributed by atoms with Crippen LogP contribution in [0.25, 0.3) is 16.8 Å². The number of fused-ring (bicyclic) bond motifs is 3. The molecule has 6 N–H and O–H groups in total. The first-order valence-electron chi connectivity index (χ1n) is 13.5. The maximum atomic E-state index is 13.3. The summed E-state index contributed by atoms with van der Waals surface area (Å²) in [5.74, 6) is -1.17. The molecule has 3 atom stereocenters. The Balaban J connectivity index is 1.38. The van der Waals surface area contributed by atoms with Gasteiger partial charge in [0, 0.05) is 35.3 Å². The molecule has 0 radical (unpaired) electrons. The first-order valence-corrected chi connectivity index (χ1v) is 13.5. The van der Waals surface area contributed by atoms with E-state index in [2.05, 4.69) is 25.3 Å². The van der Waals surface area contributed by atoms with Crippen molar-refractivity contribution in [3.8, 4) is 11.1 Å². The molecule has 0 aliphatic carbocycles. The molecule has 1 amide bonds. The minimum absolute atomic E-state index is 0.00231. The fourth-order valence-corrected chi connectivity index (χ4v) is 6.34. The Morgan fingerprint density at radius 2 is 1.64 bits per heavy atom. The number of ketones is 1. The van der Waals surface area contributed by atoms with E-state index in [4.69, 9.17) is 16.5 Å². The Labute approximate surface area is 248 Å². The molecule has 19 heteroatoms. The fourth-order valence-electron chi connectivity index (χ4n) is 6.34. The number of alkyl halides is 6. The SMILES string of the molecule is CC(=O)c1c([C@H]2C[C@H]3CC[C@@H](C2)N3C(=O)c2nnc(N)[nH]2)nc2c(-c3ccc(C(O)(C(F)(F)F)C(F)(F)F)nc3)cnn2c1N. The van der Waals surface area contributed by atoms with Crippen LogP contribution in [0.2, 0.25) is 0 Å². The number of carbonyl (C=O) groups excluding carboxylic acids is 2. The molecule has 4 aromatic heterocycles. The molecule has 2 aliphatic heterocycles. The average molecular weight is 639 g/mol. The Hall–Kier alpha value is -4.81. The molecule has 6 rings (SSSR count). The summed E-state index contributed by atoms with van der Waals surface area (Å²) in [5, 5.41) is 21.3. The quantitative estimate of drug-likeness (QED) is 0.186. The number of piperidine rings is 1. The lowest BCUT2D eigenvalue weighted by atomic mass is 9.85. The molecule has 13 nitrogen and oxygen atoms in total. The third-order valence-corrected chi connectivity index (χ3v) is 8.39. The summed E-state index contributed by atoms with van der Waals surface area (Å²) in [5.41, 5.74) is 5.79. The summed E-state index contributed by atoms with van der Waals surface area (Å²) in [6.07, 6.45) is -8.03. The lowest BCUT2D eigenvalue weighted by Gasteiger charge is -2.38. The van der Waals surface area contributed by atoms with Crippen molar-refractivity contribution in [2.45, 2.75) is 68.6 Å². The normalized spacial score (nSPS) is 20.6. The number of aromatic amines is 1. The van der Waals surface area contributed by atoms with Gasteiger partial charge in [-0.15, -0.1) is 10.2 Å². The number of aliphatic hydroxyl groups is 1. The monoisotopic (exact) mass is 638 g/mol. The van der Waals surface area contributed by atoms with Gasteiger partial charge in [-0.3, -0.25) is 14.6 Å². The van der Waals surface area contributed by atoms with Crippen molar-refractivity contribution in [1.82, 2.24) is 39.7 Å². The highest BCUT2D eigenvalue weighted by molar-refractivity contribution is 6.00.